The van der Waals surface area contributed by atoms with Crippen LogP contribution in [0.15, 0.2) is 0 Å². The second-order valence-electron chi connectivity index (χ2n) is 9.26. The summed E-state index contributed by atoms with van der Waals surface area (Å²) >= 11 is 0. The van der Waals surface area contributed by atoms with Crippen LogP contribution in [0, 0.1) is 23.7 Å². The average Bonchev–Trinajstić information content (AvgIpc) is 2.56. The fraction of sp³-hybridized carbons (Fsp3) is 0.850. The van der Waals surface area contributed by atoms with Crippen molar-refractivity contribution in [2.45, 2.75) is 71.9 Å². The third-order valence-electron chi connectivity index (χ3n) is 5.59. The van der Waals surface area contributed by atoms with Gasteiger partial charge in [-0.05, 0) is 51.4 Å². The van der Waals surface area contributed by atoms with Gasteiger partial charge < -0.3 is 20.1 Å². The maximum Gasteiger partial charge on any atom is 0.408 e. The number of likely N-dealkylation sites (tertiary alicyclic amines) is 1. The van der Waals surface area contributed by atoms with Gasteiger partial charge in [-0.25, -0.2) is 4.79 Å². The summed E-state index contributed by atoms with van der Waals surface area (Å²) in [7, 11) is 0. The Bertz CT molecular complexity index is 569. The van der Waals surface area contributed by atoms with Gasteiger partial charge >= 0.3 is 12.1 Å². The van der Waals surface area contributed by atoms with E-state index in [2.05, 4.69) is 5.32 Å². The van der Waals surface area contributed by atoms with Crippen molar-refractivity contribution in [3.8, 4) is 0 Å². The van der Waals surface area contributed by atoms with Crippen LogP contribution in [0.5, 0.6) is 0 Å². The van der Waals surface area contributed by atoms with Gasteiger partial charge in [0, 0.05) is 13.1 Å². The highest BCUT2D eigenvalue weighted by Crippen LogP contribution is 2.39. The Hall–Kier alpha value is -1.79. The van der Waals surface area contributed by atoms with E-state index >= 15 is 0 Å². The number of nitrogens with one attached hydrogen (secondary N) is 1. The molecule has 4 atom stereocenters. The topological polar surface area (TPSA) is 95.9 Å². The molecular weight excluding hydrogens is 348 g/mol. The fourth-order valence-corrected chi connectivity index (χ4v) is 4.31. The van der Waals surface area contributed by atoms with Crippen LogP contribution < -0.4 is 5.32 Å². The first-order valence-corrected chi connectivity index (χ1v) is 10.0. The minimum atomic E-state index is -0.828. The highest BCUT2D eigenvalue weighted by Gasteiger charge is 2.44. The molecule has 1 saturated carbocycles. The van der Waals surface area contributed by atoms with Crippen molar-refractivity contribution in [2.24, 2.45) is 23.7 Å². The fourth-order valence-electron chi connectivity index (χ4n) is 4.31. The van der Waals surface area contributed by atoms with Gasteiger partial charge in [0.15, 0.2) is 0 Å². The molecule has 154 valence electrons. The predicted molar refractivity (Wildman–Crippen MR) is 101 cm³/mol. The van der Waals surface area contributed by atoms with E-state index in [0.29, 0.717) is 6.54 Å². The summed E-state index contributed by atoms with van der Waals surface area (Å²) in [5.74, 6) is -1.32. The number of carbonyl (C=O) groups is 3. The number of alkyl carbamates (subject to hydrolysis) is 1. The summed E-state index contributed by atoms with van der Waals surface area (Å²) in [5.41, 5.74) is -0.649. The molecule has 2 rings (SSSR count). The molecule has 7 nitrogen and oxygen atoms in total. The lowest BCUT2D eigenvalue weighted by atomic mass is 9.69. The maximum absolute atomic E-state index is 13.1. The number of rotatable bonds is 4. The molecule has 0 spiro atoms. The first-order valence-electron chi connectivity index (χ1n) is 10.0. The Labute approximate surface area is 161 Å². The lowest BCUT2D eigenvalue weighted by molar-refractivity contribution is -0.153. The third kappa shape index (κ3) is 5.59. The molecule has 1 saturated heterocycles. The summed E-state index contributed by atoms with van der Waals surface area (Å²) in [6, 6.07) is -0.727. The molecule has 0 aromatic heterocycles. The second kappa shape index (κ2) is 8.48. The smallest absolute Gasteiger partial charge is 0.408 e. The first kappa shape index (κ1) is 21.5. The summed E-state index contributed by atoms with van der Waals surface area (Å²) in [4.78, 5) is 38.7. The molecule has 0 aromatic carbocycles. The zero-order valence-corrected chi connectivity index (χ0v) is 17.2. The number of ether oxygens (including phenoxy) is 1. The highest BCUT2D eigenvalue weighted by molar-refractivity contribution is 5.86. The molecule has 1 heterocycles. The van der Waals surface area contributed by atoms with E-state index in [0.717, 1.165) is 25.7 Å². The molecule has 2 N–H and O–H groups in total. The van der Waals surface area contributed by atoms with E-state index in [-0.39, 0.29) is 30.2 Å². The molecule has 7 heteroatoms. The second-order valence-corrected chi connectivity index (χ2v) is 9.26. The Kier molecular flexibility index (Phi) is 6.76. The van der Waals surface area contributed by atoms with Gasteiger partial charge in [0.05, 0.1) is 5.92 Å². The van der Waals surface area contributed by atoms with Crippen molar-refractivity contribution >= 4 is 18.0 Å². The highest BCUT2D eigenvalue weighted by atomic mass is 16.6. The Morgan fingerprint density at radius 2 is 1.74 bits per heavy atom. The van der Waals surface area contributed by atoms with Gasteiger partial charge in [0.1, 0.15) is 11.6 Å². The van der Waals surface area contributed by atoms with Crippen molar-refractivity contribution in [3.63, 3.8) is 0 Å². The van der Waals surface area contributed by atoms with Crippen LogP contribution in [0.25, 0.3) is 0 Å². The molecule has 2 fully saturated rings. The molecule has 2 amide bonds. The Morgan fingerprint density at radius 1 is 1.11 bits per heavy atom. The van der Waals surface area contributed by atoms with Crippen LogP contribution in [0.3, 0.4) is 0 Å². The number of amides is 2. The van der Waals surface area contributed by atoms with Crippen molar-refractivity contribution in [3.05, 3.63) is 0 Å². The normalized spacial score (nSPS) is 26.9. The summed E-state index contributed by atoms with van der Waals surface area (Å²) in [6.45, 7) is 9.82. The lowest BCUT2D eigenvalue weighted by Gasteiger charge is -2.45. The largest absolute Gasteiger partial charge is 0.481 e. The number of carbonyl (C=O) groups excluding carboxylic acids is 2. The van der Waals surface area contributed by atoms with Gasteiger partial charge in [-0.15, -0.1) is 0 Å². The summed E-state index contributed by atoms with van der Waals surface area (Å²) in [6.07, 6.45) is 3.40. The lowest BCUT2D eigenvalue weighted by Crippen LogP contribution is -2.58. The van der Waals surface area contributed by atoms with Gasteiger partial charge in [-0.2, -0.15) is 0 Å². The zero-order valence-electron chi connectivity index (χ0n) is 17.2. The van der Waals surface area contributed by atoms with E-state index in [1.165, 1.54) is 0 Å². The van der Waals surface area contributed by atoms with Crippen molar-refractivity contribution in [1.29, 1.82) is 0 Å². The molecular formula is C20H34N2O5. The van der Waals surface area contributed by atoms with Crippen molar-refractivity contribution in [1.82, 2.24) is 10.2 Å². The Morgan fingerprint density at radius 3 is 2.30 bits per heavy atom. The van der Waals surface area contributed by atoms with Gasteiger partial charge in [-0.1, -0.05) is 26.7 Å². The molecule has 1 aliphatic carbocycles. The molecule has 2 aliphatic rings. The van der Waals surface area contributed by atoms with Crippen molar-refractivity contribution < 1.29 is 24.2 Å². The monoisotopic (exact) mass is 382 g/mol. The number of carboxylic acids is 1. The minimum absolute atomic E-state index is 0.127. The molecule has 0 bridgehead atoms. The van der Waals surface area contributed by atoms with E-state index in [1.807, 2.05) is 13.8 Å². The standard InChI is InChI=1S/C20H34N2O5/c1-12(2)16(21-19(26)27-20(3,4)5)17(23)22-10-13-8-6-7-9-14(13)15(11-22)18(24)25/h12-16H,6-11H2,1-5H3,(H,21,26)(H,24,25)/t13-,14-,15+,16?/m1/s1. The number of piperidine rings is 1. The number of aliphatic carboxylic acids is 1. The quantitative estimate of drug-likeness (QED) is 0.779. The van der Waals surface area contributed by atoms with Crippen LogP contribution in [0.4, 0.5) is 4.79 Å². The predicted octanol–water partition coefficient (Wildman–Crippen LogP) is 2.89. The summed E-state index contributed by atoms with van der Waals surface area (Å²) < 4.78 is 5.29. The van der Waals surface area contributed by atoms with Crippen LogP contribution in [-0.2, 0) is 14.3 Å². The molecule has 1 aliphatic heterocycles. The van der Waals surface area contributed by atoms with Crippen LogP contribution in [-0.4, -0.2) is 52.7 Å². The van der Waals surface area contributed by atoms with Gasteiger partial charge in [-0.3, -0.25) is 9.59 Å². The number of carboxylic acid groups (broad SMARTS) is 1. The van der Waals surface area contributed by atoms with Gasteiger partial charge in [0.25, 0.3) is 0 Å². The molecule has 0 radical (unpaired) electrons. The average molecular weight is 383 g/mol. The van der Waals surface area contributed by atoms with E-state index in [9.17, 15) is 19.5 Å². The number of hydrogen-bond acceptors (Lipinski definition) is 4. The van der Waals surface area contributed by atoms with E-state index in [1.54, 1.807) is 25.7 Å². The zero-order chi connectivity index (χ0) is 20.4. The molecule has 0 aromatic rings. The molecule has 1 unspecified atom stereocenters. The SMILES string of the molecule is CC(C)C(NC(=O)OC(C)(C)C)C(=O)N1C[C@H]2CCCC[C@H]2[C@@H](C(=O)O)C1. The Balaban J connectivity index is 2.12. The van der Waals surface area contributed by atoms with E-state index in [4.69, 9.17) is 4.74 Å². The molecule has 27 heavy (non-hydrogen) atoms. The first-order chi connectivity index (χ1) is 12.5. The third-order valence-corrected chi connectivity index (χ3v) is 5.59. The van der Waals surface area contributed by atoms with Crippen LogP contribution >= 0.6 is 0 Å². The maximum atomic E-state index is 13.1. The van der Waals surface area contributed by atoms with Crippen LogP contribution in [0.1, 0.15) is 60.3 Å². The number of hydrogen-bond donors (Lipinski definition) is 2. The van der Waals surface area contributed by atoms with Gasteiger partial charge in [0.2, 0.25) is 5.91 Å². The minimum Gasteiger partial charge on any atom is -0.481 e. The van der Waals surface area contributed by atoms with Crippen molar-refractivity contribution in [2.75, 3.05) is 13.1 Å². The summed E-state index contributed by atoms with van der Waals surface area (Å²) in [5, 5.41) is 12.4. The number of fused-ring (bicyclic) bond motifs is 1. The van der Waals surface area contributed by atoms with E-state index < -0.39 is 29.6 Å². The van der Waals surface area contributed by atoms with Crippen LogP contribution in [0.2, 0.25) is 0 Å². The number of nitrogens with zero attached hydrogens (tertiary/aromatic N) is 1.